The van der Waals surface area contributed by atoms with Crippen LogP contribution in [0.2, 0.25) is 5.02 Å². The van der Waals surface area contributed by atoms with Gasteiger partial charge in [0.25, 0.3) is 0 Å². The predicted molar refractivity (Wildman–Crippen MR) is 76.3 cm³/mol. The SMILES string of the molecule is COCCCNC(=O)C(C)Sc1ccc(Cl)cc1. The van der Waals surface area contributed by atoms with Crippen LogP contribution in [0.5, 0.6) is 0 Å². The molecular weight excluding hydrogens is 270 g/mol. The number of benzene rings is 1. The molecule has 0 bridgehead atoms. The third-order valence-corrected chi connectivity index (χ3v) is 3.68. The first-order valence-corrected chi connectivity index (χ1v) is 7.08. The maximum atomic E-state index is 11.8. The van der Waals surface area contributed by atoms with Gasteiger partial charge in [0, 0.05) is 30.2 Å². The molecule has 100 valence electrons. The Hall–Kier alpha value is -0.710. The fourth-order valence-electron chi connectivity index (χ4n) is 1.34. The molecule has 0 saturated heterocycles. The molecule has 1 amide bonds. The maximum Gasteiger partial charge on any atom is 0.233 e. The topological polar surface area (TPSA) is 38.3 Å². The Balaban J connectivity index is 2.33. The van der Waals surface area contributed by atoms with Crippen molar-refractivity contribution in [3.8, 4) is 0 Å². The van der Waals surface area contributed by atoms with E-state index in [0.29, 0.717) is 18.2 Å². The van der Waals surface area contributed by atoms with Crippen LogP contribution in [0.4, 0.5) is 0 Å². The summed E-state index contributed by atoms with van der Waals surface area (Å²) < 4.78 is 4.92. The Morgan fingerprint density at radius 2 is 2.11 bits per heavy atom. The summed E-state index contributed by atoms with van der Waals surface area (Å²) in [4.78, 5) is 12.8. The van der Waals surface area contributed by atoms with E-state index in [4.69, 9.17) is 16.3 Å². The summed E-state index contributed by atoms with van der Waals surface area (Å²) in [5.41, 5.74) is 0. The Bertz CT molecular complexity index is 370. The first kappa shape index (κ1) is 15.3. The molecule has 0 saturated carbocycles. The molecule has 1 rings (SSSR count). The standard InChI is InChI=1S/C13H18ClNO2S/c1-10(13(16)15-8-3-9-17-2)18-12-6-4-11(14)5-7-12/h4-7,10H,3,8-9H2,1-2H3,(H,15,16). The quantitative estimate of drug-likeness (QED) is 0.619. The van der Waals surface area contributed by atoms with Gasteiger partial charge in [-0.25, -0.2) is 0 Å². The van der Waals surface area contributed by atoms with Crippen LogP contribution in [0.15, 0.2) is 29.2 Å². The molecule has 3 nitrogen and oxygen atoms in total. The summed E-state index contributed by atoms with van der Waals surface area (Å²) in [5.74, 6) is 0.0473. The van der Waals surface area contributed by atoms with Crippen LogP contribution in [0.25, 0.3) is 0 Å². The average molecular weight is 288 g/mol. The predicted octanol–water partition coefficient (Wildman–Crippen LogP) is 2.97. The van der Waals surface area contributed by atoms with E-state index in [9.17, 15) is 4.79 Å². The zero-order chi connectivity index (χ0) is 13.4. The van der Waals surface area contributed by atoms with Gasteiger partial charge < -0.3 is 10.1 Å². The van der Waals surface area contributed by atoms with Gasteiger partial charge in [-0.2, -0.15) is 0 Å². The van der Waals surface area contributed by atoms with Crippen LogP contribution in [0, 0.1) is 0 Å². The van der Waals surface area contributed by atoms with E-state index in [1.807, 2.05) is 31.2 Å². The Morgan fingerprint density at radius 3 is 2.72 bits per heavy atom. The number of hydrogen-bond donors (Lipinski definition) is 1. The van der Waals surface area contributed by atoms with Gasteiger partial charge in [-0.15, -0.1) is 11.8 Å². The molecule has 1 aromatic rings. The fourth-order valence-corrected chi connectivity index (χ4v) is 2.36. The van der Waals surface area contributed by atoms with Gasteiger partial charge in [-0.3, -0.25) is 4.79 Å². The number of rotatable bonds is 7. The van der Waals surface area contributed by atoms with Crippen molar-refractivity contribution >= 4 is 29.3 Å². The molecule has 5 heteroatoms. The van der Waals surface area contributed by atoms with Crippen molar-refractivity contribution in [3.63, 3.8) is 0 Å². The Kier molecular flexibility index (Phi) is 7.16. The summed E-state index contributed by atoms with van der Waals surface area (Å²) in [7, 11) is 1.65. The zero-order valence-electron chi connectivity index (χ0n) is 10.6. The largest absolute Gasteiger partial charge is 0.385 e. The van der Waals surface area contributed by atoms with E-state index in [-0.39, 0.29) is 11.2 Å². The molecule has 0 fully saturated rings. The van der Waals surface area contributed by atoms with E-state index in [0.717, 1.165) is 11.3 Å². The van der Waals surface area contributed by atoms with Crippen LogP contribution in [-0.2, 0) is 9.53 Å². The molecule has 0 aliphatic carbocycles. The second-order valence-electron chi connectivity index (χ2n) is 3.85. The van der Waals surface area contributed by atoms with Crippen LogP contribution in [-0.4, -0.2) is 31.4 Å². The third kappa shape index (κ3) is 5.76. The molecule has 1 atom stereocenters. The van der Waals surface area contributed by atoms with Crippen molar-refractivity contribution in [3.05, 3.63) is 29.3 Å². The molecule has 1 aromatic carbocycles. The molecule has 18 heavy (non-hydrogen) atoms. The van der Waals surface area contributed by atoms with Crippen molar-refractivity contribution in [1.29, 1.82) is 0 Å². The lowest BCUT2D eigenvalue weighted by atomic mass is 10.4. The molecular formula is C13H18ClNO2S. The van der Waals surface area contributed by atoms with Gasteiger partial charge in [0.05, 0.1) is 5.25 Å². The van der Waals surface area contributed by atoms with Crippen LogP contribution in [0.3, 0.4) is 0 Å². The van der Waals surface area contributed by atoms with Crippen molar-refractivity contribution < 1.29 is 9.53 Å². The van der Waals surface area contributed by atoms with E-state index >= 15 is 0 Å². The van der Waals surface area contributed by atoms with Crippen molar-refractivity contribution in [2.24, 2.45) is 0 Å². The number of amides is 1. The number of ether oxygens (including phenoxy) is 1. The van der Waals surface area contributed by atoms with Crippen molar-refractivity contribution in [2.45, 2.75) is 23.5 Å². The summed E-state index contributed by atoms with van der Waals surface area (Å²) in [6, 6.07) is 7.49. The van der Waals surface area contributed by atoms with Gasteiger partial charge in [0.1, 0.15) is 0 Å². The van der Waals surface area contributed by atoms with Crippen LogP contribution in [0.1, 0.15) is 13.3 Å². The molecule has 0 aromatic heterocycles. The van der Waals surface area contributed by atoms with Gasteiger partial charge in [-0.1, -0.05) is 11.6 Å². The summed E-state index contributed by atoms with van der Waals surface area (Å²) in [6.07, 6.45) is 0.834. The van der Waals surface area contributed by atoms with Crippen LogP contribution >= 0.6 is 23.4 Å². The highest BCUT2D eigenvalue weighted by Gasteiger charge is 2.13. The zero-order valence-corrected chi connectivity index (χ0v) is 12.2. The average Bonchev–Trinajstić information content (AvgIpc) is 2.37. The lowest BCUT2D eigenvalue weighted by Gasteiger charge is -2.11. The van der Waals surface area contributed by atoms with Crippen molar-refractivity contribution in [1.82, 2.24) is 5.32 Å². The van der Waals surface area contributed by atoms with E-state index in [1.54, 1.807) is 7.11 Å². The second kappa shape index (κ2) is 8.40. The molecule has 1 N–H and O–H groups in total. The maximum absolute atomic E-state index is 11.8. The smallest absolute Gasteiger partial charge is 0.233 e. The Labute approximate surface area is 117 Å². The van der Waals surface area contributed by atoms with Gasteiger partial charge in [0.15, 0.2) is 0 Å². The van der Waals surface area contributed by atoms with Gasteiger partial charge in [0.2, 0.25) is 5.91 Å². The second-order valence-corrected chi connectivity index (χ2v) is 5.70. The van der Waals surface area contributed by atoms with Gasteiger partial charge in [-0.05, 0) is 37.6 Å². The first-order valence-electron chi connectivity index (χ1n) is 5.82. The van der Waals surface area contributed by atoms with Crippen molar-refractivity contribution in [2.75, 3.05) is 20.3 Å². The highest BCUT2D eigenvalue weighted by atomic mass is 35.5. The number of halogens is 1. The highest BCUT2D eigenvalue weighted by molar-refractivity contribution is 8.00. The number of thioether (sulfide) groups is 1. The minimum atomic E-state index is -0.117. The van der Waals surface area contributed by atoms with E-state index in [2.05, 4.69) is 5.32 Å². The number of carbonyl (C=O) groups excluding carboxylic acids is 1. The Morgan fingerprint density at radius 1 is 1.44 bits per heavy atom. The molecule has 0 aliphatic rings. The minimum Gasteiger partial charge on any atom is -0.385 e. The lowest BCUT2D eigenvalue weighted by molar-refractivity contribution is -0.120. The normalized spacial score (nSPS) is 12.2. The number of methoxy groups -OCH3 is 1. The minimum absolute atomic E-state index is 0.0473. The number of nitrogens with one attached hydrogen (secondary N) is 1. The third-order valence-electron chi connectivity index (χ3n) is 2.32. The van der Waals surface area contributed by atoms with Gasteiger partial charge >= 0.3 is 0 Å². The summed E-state index contributed by atoms with van der Waals surface area (Å²) in [5, 5.41) is 3.47. The summed E-state index contributed by atoms with van der Waals surface area (Å²) in [6.45, 7) is 3.21. The summed E-state index contributed by atoms with van der Waals surface area (Å²) >= 11 is 7.33. The van der Waals surface area contributed by atoms with E-state index < -0.39 is 0 Å². The molecule has 0 heterocycles. The monoisotopic (exact) mass is 287 g/mol. The lowest BCUT2D eigenvalue weighted by Crippen LogP contribution is -2.32. The number of hydrogen-bond acceptors (Lipinski definition) is 3. The van der Waals surface area contributed by atoms with Crippen LogP contribution < -0.4 is 5.32 Å². The van der Waals surface area contributed by atoms with E-state index in [1.165, 1.54) is 11.8 Å². The number of carbonyl (C=O) groups is 1. The fraction of sp³-hybridized carbons (Fsp3) is 0.462. The first-order chi connectivity index (χ1) is 8.63. The highest BCUT2D eigenvalue weighted by Crippen LogP contribution is 2.24. The molecule has 0 aliphatic heterocycles. The molecule has 0 spiro atoms. The molecule has 0 radical (unpaired) electrons. The molecule has 1 unspecified atom stereocenters.